The van der Waals surface area contributed by atoms with E-state index in [0.717, 1.165) is 49.9 Å². The fourth-order valence-corrected chi connectivity index (χ4v) is 5.25. The van der Waals surface area contributed by atoms with Gasteiger partial charge in [0, 0.05) is 31.0 Å². The summed E-state index contributed by atoms with van der Waals surface area (Å²) in [5, 5.41) is 4.18. The van der Waals surface area contributed by atoms with E-state index in [4.69, 9.17) is 4.52 Å². The van der Waals surface area contributed by atoms with E-state index in [-0.39, 0.29) is 5.92 Å². The zero-order chi connectivity index (χ0) is 19.1. The topological polar surface area (TPSA) is 59.2 Å². The van der Waals surface area contributed by atoms with Gasteiger partial charge in [-0.05, 0) is 55.9 Å². The lowest BCUT2D eigenvalue weighted by atomic mass is 9.89. The molecule has 0 radical (unpaired) electrons. The Bertz CT molecular complexity index is 903. The Balaban J connectivity index is 1.23. The number of likely N-dealkylation sites (tertiary alicyclic amines) is 1. The van der Waals surface area contributed by atoms with Crippen molar-refractivity contribution < 1.29 is 9.32 Å². The second-order valence-corrected chi connectivity index (χ2v) is 8.71. The highest BCUT2D eigenvalue weighted by Crippen LogP contribution is 2.44. The van der Waals surface area contributed by atoms with Crippen LogP contribution in [0, 0.1) is 30.6 Å². The third-order valence-electron chi connectivity index (χ3n) is 6.74. The molecule has 0 N–H and O–H groups in total. The van der Waals surface area contributed by atoms with Gasteiger partial charge in [0.05, 0.1) is 0 Å². The van der Waals surface area contributed by atoms with Crippen molar-refractivity contribution in [1.29, 1.82) is 0 Å². The first-order valence-electron chi connectivity index (χ1n) is 10.5. The maximum Gasteiger partial charge on any atom is 0.227 e. The number of carbonyl (C=O) groups excluding carboxylic acids is 1. The number of carbonyl (C=O) groups is 1. The van der Waals surface area contributed by atoms with Crippen LogP contribution in [0.5, 0.6) is 0 Å². The number of allylic oxidation sites excluding steroid dienone is 2. The lowest BCUT2D eigenvalue weighted by molar-refractivity contribution is -0.138. The van der Waals surface area contributed by atoms with E-state index in [1.54, 1.807) is 0 Å². The highest BCUT2D eigenvalue weighted by molar-refractivity contribution is 5.80. The second-order valence-electron chi connectivity index (χ2n) is 8.71. The molecule has 1 aromatic heterocycles. The number of piperidine rings is 1. The van der Waals surface area contributed by atoms with Gasteiger partial charge in [0.2, 0.25) is 17.6 Å². The first-order chi connectivity index (χ1) is 13.7. The van der Waals surface area contributed by atoms with Crippen LogP contribution >= 0.6 is 0 Å². The molecular formula is C23H27N3O2. The molecule has 2 aliphatic carbocycles. The maximum absolute atomic E-state index is 13.1. The van der Waals surface area contributed by atoms with Crippen LogP contribution in [-0.4, -0.2) is 34.0 Å². The molecule has 2 fully saturated rings. The number of rotatable bonds is 4. The third-order valence-corrected chi connectivity index (χ3v) is 6.74. The summed E-state index contributed by atoms with van der Waals surface area (Å²) >= 11 is 0. The van der Waals surface area contributed by atoms with Gasteiger partial charge in [-0.1, -0.05) is 41.6 Å². The van der Waals surface area contributed by atoms with E-state index in [1.807, 2.05) is 18.2 Å². The number of amides is 1. The molecule has 0 unspecified atom stereocenters. The standard InChI is InChI=1S/C23H27N3O2/c1-15-5-2-3-7-19(15)22-24-21(28-25-22)13-17-6-4-10-26(14-17)23(27)20-12-16-8-9-18(20)11-16/h2-3,5,7-9,16-18,20H,4,6,10-14H2,1H3/t16-,17-,18-,20+/m0/s1. The van der Waals surface area contributed by atoms with Gasteiger partial charge in [0.1, 0.15) is 0 Å². The number of fused-ring (bicyclic) bond motifs is 2. The molecule has 1 saturated carbocycles. The Morgan fingerprint density at radius 2 is 2.14 bits per heavy atom. The van der Waals surface area contributed by atoms with E-state index in [0.29, 0.717) is 35.4 Å². The summed E-state index contributed by atoms with van der Waals surface area (Å²) in [5.41, 5.74) is 2.16. The molecular weight excluding hydrogens is 350 g/mol. The average Bonchev–Trinajstić information content (AvgIpc) is 3.45. The molecule has 4 atom stereocenters. The Morgan fingerprint density at radius 1 is 1.25 bits per heavy atom. The van der Waals surface area contributed by atoms with Gasteiger partial charge in [0.25, 0.3) is 0 Å². The Labute approximate surface area is 165 Å². The summed E-state index contributed by atoms with van der Waals surface area (Å²) in [6.07, 6.45) is 9.72. The zero-order valence-corrected chi connectivity index (χ0v) is 16.4. The number of nitrogens with zero attached hydrogens (tertiary/aromatic N) is 3. The number of hydrogen-bond donors (Lipinski definition) is 0. The van der Waals surface area contributed by atoms with Crippen molar-refractivity contribution in [2.24, 2.45) is 23.7 Å². The number of aromatic nitrogens is 2. The van der Waals surface area contributed by atoms with Gasteiger partial charge in [0.15, 0.2) is 0 Å². The monoisotopic (exact) mass is 377 g/mol. The Morgan fingerprint density at radius 3 is 2.93 bits per heavy atom. The first-order valence-corrected chi connectivity index (χ1v) is 10.5. The van der Waals surface area contributed by atoms with E-state index >= 15 is 0 Å². The molecule has 5 nitrogen and oxygen atoms in total. The van der Waals surface area contributed by atoms with Crippen molar-refractivity contribution in [1.82, 2.24) is 15.0 Å². The molecule has 3 aliphatic rings. The van der Waals surface area contributed by atoms with Crippen LogP contribution in [0.4, 0.5) is 0 Å². The van der Waals surface area contributed by atoms with Crippen molar-refractivity contribution in [3.05, 3.63) is 47.9 Å². The molecule has 28 heavy (non-hydrogen) atoms. The Kier molecular flexibility index (Phi) is 4.53. The molecule has 1 saturated heterocycles. The predicted molar refractivity (Wildman–Crippen MR) is 106 cm³/mol. The lowest BCUT2D eigenvalue weighted by Crippen LogP contribution is -2.44. The summed E-state index contributed by atoms with van der Waals surface area (Å²) < 4.78 is 5.54. The molecule has 5 heteroatoms. The zero-order valence-electron chi connectivity index (χ0n) is 16.4. The molecule has 2 heterocycles. The van der Waals surface area contributed by atoms with Gasteiger partial charge in [-0.25, -0.2) is 0 Å². The number of hydrogen-bond acceptors (Lipinski definition) is 4. The van der Waals surface area contributed by atoms with Crippen molar-refractivity contribution >= 4 is 5.91 Å². The molecule has 1 amide bonds. The molecule has 2 aromatic rings. The summed E-state index contributed by atoms with van der Waals surface area (Å²) in [6.45, 7) is 3.77. The smallest absolute Gasteiger partial charge is 0.227 e. The summed E-state index contributed by atoms with van der Waals surface area (Å²) in [6, 6.07) is 8.09. The molecule has 5 rings (SSSR count). The van der Waals surface area contributed by atoms with Crippen molar-refractivity contribution in [2.75, 3.05) is 13.1 Å². The molecule has 1 aromatic carbocycles. The van der Waals surface area contributed by atoms with E-state index in [9.17, 15) is 4.79 Å². The van der Waals surface area contributed by atoms with Crippen LogP contribution in [0.2, 0.25) is 0 Å². The second kappa shape index (κ2) is 7.19. The van der Waals surface area contributed by atoms with Crippen LogP contribution in [0.1, 0.15) is 37.1 Å². The van der Waals surface area contributed by atoms with Crippen molar-refractivity contribution in [3.63, 3.8) is 0 Å². The summed E-state index contributed by atoms with van der Waals surface area (Å²) in [7, 11) is 0. The highest BCUT2D eigenvalue weighted by atomic mass is 16.5. The van der Waals surface area contributed by atoms with Crippen LogP contribution in [0.15, 0.2) is 40.9 Å². The Hall–Kier alpha value is -2.43. The highest BCUT2D eigenvalue weighted by Gasteiger charge is 2.42. The predicted octanol–water partition coefficient (Wildman–Crippen LogP) is 4.04. The van der Waals surface area contributed by atoms with Crippen LogP contribution in [0.3, 0.4) is 0 Å². The minimum Gasteiger partial charge on any atom is -0.342 e. The molecule has 0 spiro atoms. The third kappa shape index (κ3) is 3.27. The van der Waals surface area contributed by atoms with Gasteiger partial charge in [-0.3, -0.25) is 4.79 Å². The number of aryl methyl sites for hydroxylation is 1. The van der Waals surface area contributed by atoms with Crippen LogP contribution < -0.4 is 0 Å². The maximum atomic E-state index is 13.1. The first kappa shape index (κ1) is 17.7. The van der Waals surface area contributed by atoms with Crippen LogP contribution in [-0.2, 0) is 11.2 Å². The summed E-state index contributed by atoms with van der Waals surface area (Å²) in [5.74, 6) is 3.43. The quantitative estimate of drug-likeness (QED) is 0.755. The van der Waals surface area contributed by atoms with Crippen LogP contribution in [0.25, 0.3) is 11.4 Å². The van der Waals surface area contributed by atoms with Crippen molar-refractivity contribution in [3.8, 4) is 11.4 Å². The van der Waals surface area contributed by atoms with E-state index in [2.05, 4.69) is 40.2 Å². The molecule has 146 valence electrons. The van der Waals surface area contributed by atoms with Gasteiger partial charge in [-0.2, -0.15) is 4.98 Å². The molecule has 2 bridgehead atoms. The summed E-state index contributed by atoms with van der Waals surface area (Å²) in [4.78, 5) is 19.8. The molecule has 1 aliphatic heterocycles. The van der Waals surface area contributed by atoms with E-state index < -0.39 is 0 Å². The average molecular weight is 377 g/mol. The van der Waals surface area contributed by atoms with Crippen molar-refractivity contribution in [2.45, 2.75) is 39.0 Å². The van der Waals surface area contributed by atoms with Gasteiger partial charge < -0.3 is 9.42 Å². The number of benzene rings is 1. The SMILES string of the molecule is Cc1ccccc1-c1noc(C[C@@H]2CCCN(C(=O)[C@@H]3C[C@H]4C=C[C@H]3C4)C2)n1. The van der Waals surface area contributed by atoms with E-state index in [1.165, 1.54) is 6.42 Å². The minimum absolute atomic E-state index is 0.213. The van der Waals surface area contributed by atoms with Gasteiger partial charge in [-0.15, -0.1) is 0 Å². The normalized spacial score (nSPS) is 28.8. The van der Waals surface area contributed by atoms with Gasteiger partial charge >= 0.3 is 0 Å². The fraction of sp³-hybridized carbons (Fsp3) is 0.522. The fourth-order valence-electron chi connectivity index (χ4n) is 5.25. The minimum atomic E-state index is 0.213. The lowest BCUT2D eigenvalue weighted by Gasteiger charge is -2.35. The largest absolute Gasteiger partial charge is 0.342 e.